The van der Waals surface area contributed by atoms with Crippen LogP contribution >= 0.6 is 0 Å². The van der Waals surface area contributed by atoms with Crippen molar-refractivity contribution in [2.75, 3.05) is 0 Å². The third kappa shape index (κ3) is 3.39. The molecule has 0 aromatic carbocycles. The molecule has 0 spiro atoms. The minimum atomic E-state index is 0.161. The van der Waals surface area contributed by atoms with Gasteiger partial charge in [0.25, 0.3) is 0 Å². The number of aliphatic hydroxyl groups is 1. The number of hydrogen-bond acceptors (Lipinski definition) is 2. The standard InChI is InChI=1S/C28H46O2/c1-18(2)9-8-10-19(3)21-12-13-23-25-24(14-16-28(21,23)5)27(4)15-7-6-11-22(27)20(17-29)26(25)30/h17-19,21-25,29H,6-16H2,1-5H3/b20-17+. The van der Waals surface area contributed by atoms with Crippen molar-refractivity contribution in [3.8, 4) is 0 Å². The Bertz CT molecular complexity index is 678. The highest BCUT2D eigenvalue weighted by Gasteiger charge is 2.63. The average Bonchev–Trinajstić information content (AvgIpc) is 3.05. The van der Waals surface area contributed by atoms with Crippen LogP contribution in [0.1, 0.15) is 105 Å². The molecular weight excluding hydrogens is 368 g/mol. The number of allylic oxidation sites excluding steroid dienone is 1. The molecule has 4 aliphatic rings. The fraction of sp³-hybridized carbons (Fsp3) is 0.893. The topological polar surface area (TPSA) is 37.3 Å². The largest absolute Gasteiger partial charge is 0.515 e. The Balaban J connectivity index is 1.58. The highest BCUT2D eigenvalue weighted by Crippen LogP contribution is 2.68. The maximum Gasteiger partial charge on any atom is 0.165 e. The van der Waals surface area contributed by atoms with E-state index >= 15 is 0 Å². The molecule has 0 radical (unpaired) electrons. The van der Waals surface area contributed by atoms with Gasteiger partial charge in [-0.3, -0.25) is 4.79 Å². The predicted molar refractivity (Wildman–Crippen MR) is 124 cm³/mol. The molecule has 1 N–H and O–H groups in total. The van der Waals surface area contributed by atoms with Crippen LogP contribution in [0.15, 0.2) is 11.8 Å². The lowest BCUT2D eigenvalue weighted by atomic mass is 9.43. The second-order valence-corrected chi connectivity index (χ2v) is 12.5. The highest BCUT2D eigenvalue weighted by atomic mass is 16.2. The Morgan fingerprint density at radius 2 is 1.70 bits per heavy atom. The van der Waals surface area contributed by atoms with Crippen LogP contribution < -0.4 is 0 Å². The number of ketones is 1. The summed E-state index contributed by atoms with van der Waals surface area (Å²) in [5.41, 5.74) is 1.32. The molecule has 4 aliphatic carbocycles. The van der Waals surface area contributed by atoms with Crippen LogP contribution in [0.4, 0.5) is 0 Å². The van der Waals surface area contributed by atoms with E-state index in [9.17, 15) is 9.90 Å². The molecular formula is C28H46O2. The van der Waals surface area contributed by atoms with Gasteiger partial charge in [-0.15, -0.1) is 0 Å². The summed E-state index contributed by atoms with van der Waals surface area (Å²) >= 11 is 0. The number of fused-ring (bicyclic) bond motifs is 5. The van der Waals surface area contributed by atoms with E-state index in [1.54, 1.807) is 0 Å². The normalized spacial score (nSPS) is 45.9. The van der Waals surface area contributed by atoms with E-state index in [2.05, 4.69) is 34.6 Å². The zero-order chi connectivity index (χ0) is 21.7. The summed E-state index contributed by atoms with van der Waals surface area (Å²) in [5.74, 6) is 4.17. The van der Waals surface area contributed by atoms with Crippen molar-refractivity contribution < 1.29 is 9.90 Å². The van der Waals surface area contributed by atoms with Gasteiger partial charge in [0.1, 0.15) is 0 Å². The Hall–Kier alpha value is -0.790. The minimum Gasteiger partial charge on any atom is -0.515 e. The molecule has 30 heavy (non-hydrogen) atoms. The molecule has 0 heterocycles. The van der Waals surface area contributed by atoms with Crippen molar-refractivity contribution in [2.24, 2.45) is 52.3 Å². The summed E-state index contributed by atoms with van der Waals surface area (Å²) in [5, 5.41) is 10.1. The average molecular weight is 415 g/mol. The van der Waals surface area contributed by atoms with Crippen molar-refractivity contribution >= 4 is 5.78 Å². The molecule has 2 nitrogen and oxygen atoms in total. The van der Waals surface area contributed by atoms with Gasteiger partial charge in [-0.1, -0.05) is 66.7 Å². The molecule has 170 valence electrons. The Kier molecular flexibility index (Phi) is 6.19. The monoisotopic (exact) mass is 414 g/mol. The van der Waals surface area contributed by atoms with E-state index < -0.39 is 0 Å². The van der Waals surface area contributed by atoms with E-state index in [-0.39, 0.29) is 11.3 Å². The van der Waals surface area contributed by atoms with E-state index in [4.69, 9.17) is 0 Å². The first-order chi connectivity index (χ1) is 14.2. The number of Topliss-reactive ketones (excluding diaryl/α,β-unsaturated/α-hetero) is 1. The molecule has 0 bridgehead atoms. The molecule has 0 aromatic heterocycles. The van der Waals surface area contributed by atoms with Crippen LogP contribution in [0.5, 0.6) is 0 Å². The summed E-state index contributed by atoms with van der Waals surface area (Å²) < 4.78 is 0. The fourth-order valence-corrected chi connectivity index (χ4v) is 9.10. The number of carbonyl (C=O) groups is 1. The Morgan fingerprint density at radius 3 is 2.40 bits per heavy atom. The Morgan fingerprint density at radius 1 is 0.967 bits per heavy atom. The van der Waals surface area contributed by atoms with Gasteiger partial charge in [0.15, 0.2) is 5.78 Å². The lowest BCUT2D eigenvalue weighted by molar-refractivity contribution is -0.147. The molecule has 8 unspecified atom stereocenters. The van der Waals surface area contributed by atoms with Crippen molar-refractivity contribution in [2.45, 2.75) is 105 Å². The number of hydrogen-bond donors (Lipinski definition) is 1. The number of rotatable bonds is 5. The number of carbonyl (C=O) groups excluding carboxylic acids is 1. The first kappa shape index (κ1) is 22.4. The van der Waals surface area contributed by atoms with Crippen LogP contribution in [0.2, 0.25) is 0 Å². The number of aliphatic hydroxyl groups excluding tert-OH is 1. The van der Waals surface area contributed by atoms with Gasteiger partial charge in [0.2, 0.25) is 0 Å². The summed E-state index contributed by atoms with van der Waals surface area (Å²) in [7, 11) is 0. The van der Waals surface area contributed by atoms with Crippen LogP contribution in [0.3, 0.4) is 0 Å². The van der Waals surface area contributed by atoms with Crippen molar-refractivity contribution in [3.05, 3.63) is 11.8 Å². The van der Waals surface area contributed by atoms with Crippen molar-refractivity contribution in [3.63, 3.8) is 0 Å². The zero-order valence-electron chi connectivity index (χ0n) is 20.3. The molecule has 0 aliphatic heterocycles. The predicted octanol–water partition coefficient (Wildman–Crippen LogP) is 7.73. The summed E-state index contributed by atoms with van der Waals surface area (Å²) in [6.07, 6.45) is 15.1. The second-order valence-electron chi connectivity index (χ2n) is 12.5. The molecule has 4 rings (SSSR count). The van der Waals surface area contributed by atoms with Crippen LogP contribution in [-0.4, -0.2) is 10.9 Å². The van der Waals surface area contributed by atoms with Crippen molar-refractivity contribution in [1.29, 1.82) is 0 Å². The van der Waals surface area contributed by atoms with Gasteiger partial charge in [-0.2, -0.15) is 0 Å². The first-order valence-corrected chi connectivity index (χ1v) is 13.1. The molecule has 0 amide bonds. The van der Waals surface area contributed by atoms with E-state index in [1.807, 2.05) is 0 Å². The lowest BCUT2D eigenvalue weighted by Gasteiger charge is -2.60. The molecule has 8 atom stereocenters. The van der Waals surface area contributed by atoms with Crippen molar-refractivity contribution in [1.82, 2.24) is 0 Å². The van der Waals surface area contributed by atoms with Crippen LogP contribution in [0.25, 0.3) is 0 Å². The summed E-state index contributed by atoms with van der Waals surface area (Å²) in [4.78, 5) is 13.8. The molecule has 4 fully saturated rings. The summed E-state index contributed by atoms with van der Waals surface area (Å²) in [6, 6.07) is 0. The maximum absolute atomic E-state index is 13.8. The quantitative estimate of drug-likeness (QED) is 0.369. The molecule has 0 aromatic rings. The minimum absolute atomic E-state index is 0.161. The first-order valence-electron chi connectivity index (χ1n) is 13.1. The third-order valence-corrected chi connectivity index (χ3v) is 10.7. The van der Waals surface area contributed by atoms with Gasteiger partial charge >= 0.3 is 0 Å². The van der Waals surface area contributed by atoms with Gasteiger partial charge in [-0.05, 0) is 84.9 Å². The lowest BCUT2D eigenvalue weighted by Crippen LogP contribution is -2.57. The highest BCUT2D eigenvalue weighted by molar-refractivity contribution is 5.99. The van der Waals surface area contributed by atoms with E-state index in [1.165, 1.54) is 70.5 Å². The van der Waals surface area contributed by atoms with Gasteiger partial charge in [-0.25, -0.2) is 0 Å². The molecule has 4 saturated carbocycles. The van der Waals surface area contributed by atoms with Gasteiger partial charge in [0.05, 0.1) is 6.26 Å². The smallest absolute Gasteiger partial charge is 0.165 e. The molecule has 2 heteroatoms. The maximum atomic E-state index is 13.8. The molecule has 0 saturated heterocycles. The van der Waals surface area contributed by atoms with Crippen LogP contribution in [-0.2, 0) is 4.79 Å². The third-order valence-electron chi connectivity index (χ3n) is 10.7. The van der Waals surface area contributed by atoms with Gasteiger partial charge < -0.3 is 5.11 Å². The summed E-state index contributed by atoms with van der Waals surface area (Å²) in [6.45, 7) is 12.2. The fourth-order valence-electron chi connectivity index (χ4n) is 9.10. The zero-order valence-corrected chi connectivity index (χ0v) is 20.3. The van der Waals surface area contributed by atoms with E-state index in [0.717, 1.165) is 29.7 Å². The SMILES string of the molecule is CC(C)CCCC(C)C1CCC2C3C(=O)/C(=C/O)C4CCCCC4(C)C3CCC12C. The Labute approximate surface area is 185 Å². The second kappa shape index (κ2) is 8.28. The van der Waals surface area contributed by atoms with Gasteiger partial charge in [0, 0.05) is 11.5 Å². The van der Waals surface area contributed by atoms with E-state index in [0.29, 0.717) is 29.0 Å². The van der Waals surface area contributed by atoms with Crippen LogP contribution in [0, 0.1) is 52.3 Å².